The molecule has 0 aromatic carbocycles. The van der Waals surface area contributed by atoms with Gasteiger partial charge in [-0.25, -0.2) is 79.6 Å². The summed E-state index contributed by atoms with van der Waals surface area (Å²) in [6, 6.07) is 8.18. The summed E-state index contributed by atoms with van der Waals surface area (Å²) in [5.74, 6) is 13.6. The van der Waals surface area contributed by atoms with E-state index in [1.807, 2.05) is 52.9 Å². The van der Waals surface area contributed by atoms with Crippen LogP contribution in [0.3, 0.4) is 0 Å². The second kappa shape index (κ2) is 38.7. The van der Waals surface area contributed by atoms with Gasteiger partial charge >= 0.3 is 5.97 Å². The number of carboxylic acid groups (broad SMARTS) is 1. The molecule has 0 aliphatic rings. The molecule has 10 aromatic rings. The van der Waals surface area contributed by atoms with Crippen molar-refractivity contribution in [3.63, 3.8) is 0 Å². The number of carbonyl (C=O) groups excluding carboxylic acids is 1. The summed E-state index contributed by atoms with van der Waals surface area (Å²) in [6.45, 7) is 24.0. The highest BCUT2D eigenvalue weighted by molar-refractivity contribution is 9.10. The highest BCUT2D eigenvalue weighted by Gasteiger charge is 2.20. The van der Waals surface area contributed by atoms with Gasteiger partial charge in [0.05, 0.1) is 65.0 Å². The number of anilines is 5. The van der Waals surface area contributed by atoms with Gasteiger partial charge in [-0.2, -0.15) is 0 Å². The molecule has 0 aliphatic carbocycles. The zero-order chi connectivity index (χ0) is 76.3. The number of aryl methyl sites for hydroxylation is 5. The molecule has 104 heavy (non-hydrogen) atoms. The van der Waals surface area contributed by atoms with Gasteiger partial charge < -0.3 is 82.7 Å². The normalized spacial score (nSPS) is 10.3. The predicted molar refractivity (Wildman–Crippen MR) is 393 cm³/mol. The van der Waals surface area contributed by atoms with Gasteiger partial charge in [0.1, 0.15) is 73.7 Å². The molecule has 1 amide bonds. The van der Waals surface area contributed by atoms with E-state index in [0.29, 0.717) is 101 Å². The predicted octanol–water partition coefficient (Wildman–Crippen LogP) is 10.1. The molecule has 10 heterocycles. The number of aromatic carboxylic acids is 1. The number of primary amides is 1. The number of hydrogen-bond acceptors (Lipinski definition) is 31. The number of nitrogen functional groups attached to an aromatic ring is 4. The van der Waals surface area contributed by atoms with E-state index in [2.05, 4.69) is 128 Å². The Morgan fingerprint density at radius 2 is 0.933 bits per heavy atom. The van der Waals surface area contributed by atoms with Crippen LogP contribution in [0.25, 0.3) is 5.57 Å². The molecule has 544 valence electrons. The van der Waals surface area contributed by atoms with E-state index in [1.54, 1.807) is 58.7 Å². The summed E-state index contributed by atoms with van der Waals surface area (Å²) in [4.78, 5) is 83.7. The Morgan fingerprint density at radius 1 is 0.510 bits per heavy atom. The van der Waals surface area contributed by atoms with E-state index in [1.165, 1.54) is 58.2 Å². The quantitative estimate of drug-likeness (QED) is 0.0245. The molecule has 0 saturated heterocycles. The van der Waals surface area contributed by atoms with Crippen molar-refractivity contribution in [3.8, 4) is 81.4 Å². The summed E-state index contributed by atoms with van der Waals surface area (Å²) in [5.41, 5.74) is 39.5. The Morgan fingerprint density at radius 3 is 1.38 bits per heavy atom. The Balaban J connectivity index is 0.000000204. The van der Waals surface area contributed by atoms with E-state index in [0.717, 1.165) is 44.4 Å². The smallest absolute Gasteiger partial charge is 0.341 e. The maximum Gasteiger partial charge on any atom is 0.341 e. The molecule has 0 bridgehead atoms. The van der Waals surface area contributed by atoms with Crippen LogP contribution in [0.15, 0.2) is 103 Å². The van der Waals surface area contributed by atoms with Crippen LogP contribution in [0.4, 0.5) is 29.1 Å². The van der Waals surface area contributed by atoms with E-state index >= 15 is 0 Å². The number of methoxy groups -OCH3 is 4. The molecular weight excluding hydrogens is 1400 g/mol. The molecule has 10 rings (SSSR count). The lowest BCUT2D eigenvalue weighted by Gasteiger charge is -2.16. The third-order valence-corrected chi connectivity index (χ3v) is 14.0. The van der Waals surface area contributed by atoms with Crippen molar-refractivity contribution in [3.05, 3.63) is 172 Å². The fourth-order valence-corrected chi connectivity index (χ4v) is 8.72. The zero-order valence-corrected chi connectivity index (χ0v) is 61.3. The Kier molecular flexibility index (Phi) is 29.9. The van der Waals surface area contributed by atoms with Crippen LogP contribution in [0.2, 0.25) is 0 Å². The molecular formula is C70H81BrN22O11. The van der Waals surface area contributed by atoms with Gasteiger partial charge in [0, 0.05) is 97.9 Å². The van der Waals surface area contributed by atoms with Crippen LogP contribution in [-0.4, -0.2) is 133 Å². The number of aromatic nitrogens is 15. The van der Waals surface area contributed by atoms with Crippen LogP contribution in [0.5, 0.6) is 69.5 Å². The summed E-state index contributed by atoms with van der Waals surface area (Å²) in [6.07, 6.45) is 15.9. The van der Waals surface area contributed by atoms with Crippen LogP contribution in [0.1, 0.15) is 118 Å². The number of rotatable bonds is 21. The second-order valence-electron chi connectivity index (χ2n) is 22.4. The van der Waals surface area contributed by atoms with Crippen molar-refractivity contribution in [2.75, 3.05) is 69.8 Å². The summed E-state index contributed by atoms with van der Waals surface area (Å²) < 4.78 is 43.7. The molecule has 14 N–H and O–H groups in total. The van der Waals surface area contributed by atoms with Crippen LogP contribution >= 0.6 is 15.9 Å². The van der Waals surface area contributed by atoms with Crippen LogP contribution < -0.4 is 77.6 Å². The first-order valence-corrected chi connectivity index (χ1v) is 32.2. The van der Waals surface area contributed by atoms with Gasteiger partial charge in [0.25, 0.3) is 5.91 Å². The molecule has 0 fully saturated rings. The van der Waals surface area contributed by atoms with Crippen molar-refractivity contribution in [1.82, 2.24) is 74.8 Å². The lowest BCUT2D eigenvalue weighted by atomic mass is 9.99. The first-order valence-electron chi connectivity index (χ1n) is 31.4. The first-order chi connectivity index (χ1) is 49.5. The minimum atomic E-state index is -1.18. The zero-order valence-electron chi connectivity index (χ0n) is 59.7. The molecule has 0 atom stereocenters. The number of allylic oxidation sites excluding steroid dienone is 1. The lowest BCUT2D eigenvalue weighted by Crippen LogP contribution is -2.15. The first kappa shape index (κ1) is 80.2. The number of nitrogens with one attached hydrogen (secondary N) is 1. The van der Waals surface area contributed by atoms with Gasteiger partial charge in [-0.15, -0.1) is 0 Å². The van der Waals surface area contributed by atoms with Crippen molar-refractivity contribution in [1.29, 1.82) is 0 Å². The molecule has 10 aromatic heterocycles. The monoisotopic (exact) mass is 1480 g/mol. The molecule has 0 saturated carbocycles. The van der Waals surface area contributed by atoms with Crippen molar-refractivity contribution in [2.45, 2.75) is 81.6 Å². The minimum absolute atomic E-state index is 0.0449. The molecule has 0 radical (unpaired) electrons. The fourth-order valence-electron chi connectivity index (χ4n) is 8.41. The number of nitrogens with two attached hydrogens (primary N) is 6. The fraction of sp³-hybridized carbons (Fsp3) is 0.271. The maximum atomic E-state index is 11.3. The topological polar surface area (TPSA) is 490 Å². The Bertz CT molecular complexity index is 4440. The summed E-state index contributed by atoms with van der Waals surface area (Å²) in [5, 5.41) is 12.3. The number of carbonyl (C=O) groups is 2. The Hall–Kier alpha value is -12.8. The minimum Gasteiger partial charge on any atom is -0.481 e. The summed E-state index contributed by atoms with van der Waals surface area (Å²) >= 11 is 3.38. The highest BCUT2D eigenvalue weighted by atomic mass is 79.9. The molecule has 34 heteroatoms. The van der Waals surface area contributed by atoms with Crippen LogP contribution in [-0.2, 0) is 6.42 Å². The molecule has 0 aliphatic heterocycles. The van der Waals surface area contributed by atoms with Gasteiger partial charge in [-0.05, 0) is 80.1 Å². The van der Waals surface area contributed by atoms with E-state index in [-0.39, 0.29) is 69.3 Å². The average molecular weight is 1490 g/mol. The van der Waals surface area contributed by atoms with E-state index in [4.69, 9.17) is 77.4 Å². The van der Waals surface area contributed by atoms with Crippen molar-refractivity contribution >= 4 is 62.5 Å². The van der Waals surface area contributed by atoms with E-state index in [9.17, 15) is 9.59 Å². The largest absolute Gasteiger partial charge is 0.481 e. The SMILES string of the molecule is C=C(C)c1cnc(OC)cc1Cc1cnc(C)nc1N.COc1cc(Oc2cnc(C)nc2N)c(C#CC(C)C)cn1.COc1cc(Oc2cnc(C)nc2N)c(C(=O)O)cn1.COc1cc(Oc2cnc(C)nc2N)c(C(N)=O)cn1.Cc1ncc(Oc2cc(Br)ncc2C(C)C)c(NCCN)n1. The third kappa shape index (κ3) is 24.0. The number of halogens is 1. The van der Waals surface area contributed by atoms with Gasteiger partial charge in [0.15, 0.2) is 46.3 Å². The number of ether oxygens (including phenoxy) is 8. The average Bonchev–Trinajstić information content (AvgIpc) is 0.848. The molecule has 33 nitrogen and oxygen atoms in total. The third-order valence-electron chi connectivity index (χ3n) is 13.6. The van der Waals surface area contributed by atoms with Crippen molar-refractivity contribution in [2.24, 2.45) is 17.4 Å². The second-order valence-corrected chi connectivity index (χ2v) is 23.2. The number of nitrogens with zero attached hydrogens (tertiary/aromatic N) is 15. The van der Waals surface area contributed by atoms with E-state index < -0.39 is 11.9 Å². The maximum absolute atomic E-state index is 11.3. The van der Waals surface area contributed by atoms with Gasteiger partial charge in [-0.3, -0.25) is 4.79 Å². The number of amides is 1. The number of carboxylic acids is 1. The molecule has 0 unspecified atom stereocenters. The summed E-state index contributed by atoms with van der Waals surface area (Å²) in [7, 11) is 5.99. The van der Waals surface area contributed by atoms with Gasteiger partial charge in [0.2, 0.25) is 23.5 Å². The van der Waals surface area contributed by atoms with Crippen molar-refractivity contribution < 1.29 is 52.6 Å². The van der Waals surface area contributed by atoms with Crippen LogP contribution in [0, 0.1) is 52.4 Å². The number of pyridine rings is 5. The standard InChI is InChI=1S/C16H18N4O2.C15H20BrN5O.C15H18N4O.C12H13N5O3.C12H12N4O4/c1-10(2)5-6-12-8-19-15(21-4)7-13(12)22-14-9-18-11(3)20-16(14)17;1-9(2)11-7-20-14(16)6-12(11)22-13-8-19-10(3)21-15(13)18-5-4-17;1-9(2)13-8-18-14(20-4)6-11(13)5-12-7-17-10(3)19-15(12)16;1-6-15-5-9(11(13)17-6)20-8-3-10(19-2)16-4-7(8)12(14)18;1-6-14-5-9(11(13)16-6)20-8-3-10(19-2)15-4-7(8)12(17)18/h7-10H,1-4H3,(H2,17,18,20);6-9H,4-5,17H2,1-3H3,(H,18,19,21);6-8H,1,5H2,2-4H3,(H2,16,17,19);3-5H,1-2H3,(H2,14,18)(H2,13,15,17);3-5H,1-2H3,(H,17,18)(H2,13,14,16). The highest BCUT2D eigenvalue weighted by Crippen LogP contribution is 2.36. The number of hydrogen-bond donors (Lipinski definition) is 8. The molecule has 0 spiro atoms. The Labute approximate surface area is 608 Å². The lowest BCUT2D eigenvalue weighted by molar-refractivity contribution is 0.0693. The van der Waals surface area contributed by atoms with Gasteiger partial charge in [-0.1, -0.05) is 46.1 Å².